The molecule has 0 saturated carbocycles. The summed E-state index contributed by atoms with van der Waals surface area (Å²) < 4.78 is 0. The molecule has 0 aromatic heterocycles. The smallest absolute Gasteiger partial charge is 0.0547 e. The Morgan fingerprint density at radius 1 is 1.30 bits per heavy atom. The molecule has 0 rings (SSSR count). The van der Waals surface area contributed by atoms with Gasteiger partial charge in [-0.25, -0.2) is 0 Å². The van der Waals surface area contributed by atoms with E-state index < -0.39 is 0 Å². The van der Waals surface area contributed by atoms with Crippen LogP contribution in [0.5, 0.6) is 0 Å². The molecule has 0 aliphatic rings. The first-order valence-electron chi connectivity index (χ1n) is 3.80. The quantitative estimate of drug-likeness (QED) is 0.447. The second kappa shape index (κ2) is 7.02. The van der Waals surface area contributed by atoms with E-state index in [1.807, 2.05) is 11.8 Å². The Kier molecular flexibility index (Phi) is 6.96. The van der Waals surface area contributed by atoms with Crippen LogP contribution in [0.25, 0.3) is 0 Å². The topological polar surface area (TPSA) is 0 Å². The van der Waals surface area contributed by atoms with Crippen LogP contribution in [0, 0.1) is 17.8 Å². The third kappa shape index (κ3) is 7.91. The van der Waals surface area contributed by atoms with E-state index in [2.05, 4.69) is 32.6 Å². The van der Waals surface area contributed by atoms with Crippen LogP contribution in [0.4, 0.5) is 0 Å². The molecule has 0 aromatic carbocycles. The molecule has 0 unspecified atom stereocenters. The summed E-state index contributed by atoms with van der Waals surface area (Å²) in [5.74, 6) is 9.18. The van der Waals surface area contributed by atoms with Crippen LogP contribution in [0.2, 0.25) is 0 Å². The number of hydrogen-bond donors (Lipinski definition) is 0. The fraction of sp³-hybridized carbons (Fsp3) is 0.778. The van der Waals surface area contributed by atoms with Gasteiger partial charge >= 0.3 is 0 Å². The fourth-order valence-electron chi connectivity index (χ4n) is 0.480. The Morgan fingerprint density at radius 2 is 2.00 bits per heavy atom. The Labute approximate surface area is 68.8 Å². The van der Waals surface area contributed by atoms with Gasteiger partial charge in [-0.1, -0.05) is 26.7 Å². The van der Waals surface area contributed by atoms with Crippen LogP contribution in [0.1, 0.15) is 27.2 Å². The van der Waals surface area contributed by atoms with E-state index in [0.29, 0.717) is 0 Å². The minimum atomic E-state index is 0.721. The van der Waals surface area contributed by atoms with E-state index in [9.17, 15) is 0 Å². The van der Waals surface area contributed by atoms with Crippen molar-refractivity contribution in [1.82, 2.24) is 0 Å². The van der Waals surface area contributed by atoms with Gasteiger partial charge in [-0.3, -0.25) is 0 Å². The zero-order valence-electron chi connectivity index (χ0n) is 7.11. The van der Waals surface area contributed by atoms with Crippen molar-refractivity contribution in [1.29, 1.82) is 0 Å². The standard InChI is InChI=1S/C9H16S/c1-4-10-8-6-5-7-9(2)3/h9H,4,7-8H2,1-3H3. The monoisotopic (exact) mass is 156 g/mol. The van der Waals surface area contributed by atoms with Gasteiger partial charge in [0.1, 0.15) is 0 Å². The van der Waals surface area contributed by atoms with E-state index in [1.165, 1.54) is 5.75 Å². The average molecular weight is 156 g/mol. The summed E-state index contributed by atoms with van der Waals surface area (Å²) in [7, 11) is 0. The molecule has 0 bridgehead atoms. The molecule has 0 aliphatic carbocycles. The van der Waals surface area contributed by atoms with Gasteiger partial charge in [-0.15, -0.1) is 17.7 Å². The highest BCUT2D eigenvalue weighted by Gasteiger charge is 1.85. The van der Waals surface area contributed by atoms with Crippen molar-refractivity contribution in [2.45, 2.75) is 27.2 Å². The number of hydrogen-bond acceptors (Lipinski definition) is 1. The summed E-state index contributed by atoms with van der Waals surface area (Å²) in [6, 6.07) is 0. The van der Waals surface area contributed by atoms with E-state index in [-0.39, 0.29) is 0 Å². The highest BCUT2D eigenvalue weighted by atomic mass is 32.2. The van der Waals surface area contributed by atoms with Crippen LogP contribution >= 0.6 is 11.8 Å². The Bertz CT molecular complexity index is 116. The van der Waals surface area contributed by atoms with Gasteiger partial charge in [0, 0.05) is 6.42 Å². The minimum Gasteiger partial charge on any atom is -0.149 e. The number of rotatable bonds is 3. The molecule has 0 radical (unpaired) electrons. The average Bonchev–Trinajstić information content (AvgIpc) is 1.87. The molecule has 0 atom stereocenters. The SMILES string of the molecule is CCSCC#CCC(C)C. The first-order chi connectivity index (χ1) is 4.77. The van der Waals surface area contributed by atoms with E-state index in [4.69, 9.17) is 0 Å². The van der Waals surface area contributed by atoms with Crippen molar-refractivity contribution >= 4 is 11.8 Å². The summed E-state index contributed by atoms with van der Waals surface area (Å²) in [5.41, 5.74) is 0. The number of thioether (sulfide) groups is 1. The molecule has 0 nitrogen and oxygen atoms in total. The lowest BCUT2D eigenvalue weighted by atomic mass is 10.1. The van der Waals surface area contributed by atoms with Crippen molar-refractivity contribution in [3.8, 4) is 11.8 Å². The van der Waals surface area contributed by atoms with Gasteiger partial charge in [0.2, 0.25) is 0 Å². The molecule has 0 N–H and O–H groups in total. The van der Waals surface area contributed by atoms with Crippen molar-refractivity contribution in [3.05, 3.63) is 0 Å². The van der Waals surface area contributed by atoms with Gasteiger partial charge in [-0.05, 0) is 11.7 Å². The molecule has 0 heterocycles. The van der Waals surface area contributed by atoms with Crippen molar-refractivity contribution in [2.75, 3.05) is 11.5 Å². The lowest BCUT2D eigenvalue weighted by molar-refractivity contribution is 0.676. The molecule has 1 heteroatoms. The van der Waals surface area contributed by atoms with Crippen molar-refractivity contribution in [3.63, 3.8) is 0 Å². The maximum Gasteiger partial charge on any atom is 0.0547 e. The molecule has 0 saturated heterocycles. The van der Waals surface area contributed by atoms with Gasteiger partial charge in [0.25, 0.3) is 0 Å². The third-order valence-corrected chi connectivity index (χ3v) is 1.77. The van der Waals surface area contributed by atoms with Crippen molar-refractivity contribution < 1.29 is 0 Å². The normalized spacial score (nSPS) is 9.20. The summed E-state index contributed by atoms with van der Waals surface area (Å²) in [4.78, 5) is 0. The summed E-state index contributed by atoms with van der Waals surface area (Å²) >= 11 is 1.89. The lowest BCUT2D eigenvalue weighted by Gasteiger charge is -1.92. The van der Waals surface area contributed by atoms with Crippen LogP contribution in [0.3, 0.4) is 0 Å². The first-order valence-corrected chi connectivity index (χ1v) is 4.96. The van der Waals surface area contributed by atoms with E-state index in [0.717, 1.165) is 18.1 Å². The molecule has 0 amide bonds. The maximum atomic E-state index is 3.15. The summed E-state index contributed by atoms with van der Waals surface area (Å²) in [6.45, 7) is 6.55. The van der Waals surface area contributed by atoms with E-state index in [1.54, 1.807) is 0 Å². The molecular weight excluding hydrogens is 140 g/mol. The van der Waals surface area contributed by atoms with Gasteiger partial charge < -0.3 is 0 Å². The maximum absolute atomic E-state index is 3.15. The highest BCUT2D eigenvalue weighted by molar-refractivity contribution is 7.99. The largest absolute Gasteiger partial charge is 0.149 e. The predicted molar refractivity (Wildman–Crippen MR) is 50.2 cm³/mol. The third-order valence-electron chi connectivity index (χ3n) is 1.01. The lowest BCUT2D eigenvalue weighted by Crippen LogP contribution is -1.82. The molecule has 58 valence electrons. The van der Waals surface area contributed by atoms with Crippen LogP contribution in [-0.4, -0.2) is 11.5 Å². The second-order valence-electron chi connectivity index (χ2n) is 2.59. The molecule has 0 spiro atoms. The fourth-order valence-corrected chi connectivity index (χ4v) is 0.889. The molecular formula is C9H16S. The zero-order chi connectivity index (χ0) is 7.82. The Hall–Kier alpha value is -0.0900. The van der Waals surface area contributed by atoms with Crippen LogP contribution < -0.4 is 0 Å². The van der Waals surface area contributed by atoms with Gasteiger partial charge in [0.15, 0.2) is 0 Å². The Morgan fingerprint density at radius 3 is 2.50 bits per heavy atom. The zero-order valence-corrected chi connectivity index (χ0v) is 7.92. The summed E-state index contributed by atoms with van der Waals surface area (Å²) in [6.07, 6.45) is 1.05. The first kappa shape index (κ1) is 9.91. The molecule has 10 heavy (non-hydrogen) atoms. The summed E-state index contributed by atoms with van der Waals surface area (Å²) in [5, 5.41) is 0. The predicted octanol–water partition coefficient (Wildman–Crippen LogP) is 2.79. The van der Waals surface area contributed by atoms with Crippen molar-refractivity contribution in [2.24, 2.45) is 5.92 Å². The molecule has 0 aromatic rings. The minimum absolute atomic E-state index is 0.721. The Balaban J connectivity index is 3.14. The van der Waals surface area contributed by atoms with E-state index >= 15 is 0 Å². The van der Waals surface area contributed by atoms with Gasteiger partial charge in [0.05, 0.1) is 5.75 Å². The molecule has 0 aliphatic heterocycles. The van der Waals surface area contributed by atoms with Crippen LogP contribution in [0.15, 0.2) is 0 Å². The highest BCUT2D eigenvalue weighted by Crippen LogP contribution is 1.98. The van der Waals surface area contributed by atoms with Gasteiger partial charge in [-0.2, -0.15) is 0 Å². The molecule has 0 fully saturated rings. The second-order valence-corrected chi connectivity index (χ2v) is 3.86. The van der Waals surface area contributed by atoms with Crippen LogP contribution in [-0.2, 0) is 0 Å².